The van der Waals surface area contributed by atoms with E-state index in [-0.39, 0.29) is 17.8 Å². The van der Waals surface area contributed by atoms with Gasteiger partial charge in [-0.15, -0.1) is 0 Å². The maximum absolute atomic E-state index is 10.6. The molecule has 2 rings (SSSR count). The van der Waals surface area contributed by atoms with E-state index >= 15 is 0 Å². The molecule has 6 nitrogen and oxygen atoms in total. The Bertz CT molecular complexity index is 463. The zero-order chi connectivity index (χ0) is 15.2. The van der Waals surface area contributed by atoms with Crippen molar-refractivity contribution in [2.75, 3.05) is 6.54 Å². The highest BCUT2D eigenvalue weighted by Gasteiger charge is 2.21. The second kappa shape index (κ2) is 7.49. The summed E-state index contributed by atoms with van der Waals surface area (Å²) in [6.07, 6.45) is 5.34. The number of nitrogens with one attached hydrogen (secondary N) is 1. The number of benzene rings is 1. The number of rotatable bonds is 6. The molecule has 1 fully saturated rings. The van der Waals surface area contributed by atoms with Gasteiger partial charge in [0, 0.05) is 36.8 Å². The lowest BCUT2D eigenvalue weighted by atomic mass is 9.91. The van der Waals surface area contributed by atoms with Crippen LogP contribution in [-0.2, 0) is 6.42 Å². The molecule has 0 aromatic heterocycles. The van der Waals surface area contributed by atoms with Crippen molar-refractivity contribution in [2.45, 2.75) is 50.2 Å². The number of nitro groups is 1. The first-order valence-corrected chi connectivity index (χ1v) is 7.54. The third-order valence-electron chi connectivity index (χ3n) is 4.11. The van der Waals surface area contributed by atoms with E-state index < -0.39 is 4.92 Å². The summed E-state index contributed by atoms with van der Waals surface area (Å²) in [5.41, 5.74) is 13.4. The Morgan fingerprint density at radius 1 is 1.29 bits per heavy atom. The van der Waals surface area contributed by atoms with Crippen LogP contribution in [0, 0.1) is 10.1 Å². The summed E-state index contributed by atoms with van der Waals surface area (Å²) in [5.74, 6) is 0. The Morgan fingerprint density at radius 3 is 2.57 bits per heavy atom. The lowest BCUT2D eigenvalue weighted by Gasteiger charge is -2.30. The Morgan fingerprint density at radius 2 is 1.95 bits per heavy atom. The fraction of sp³-hybridized carbons (Fsp3) is 0.600. The van der Waals surface area contributed by atoms with Gasteiger partial charge in [0.15, 0.2) is 0 Å². The van der Waals surface area contributed by atoms with Gasteiger partial charge in [0.1, 0.15) is 0 Å². The first-order valence-electron chi connectivity index (χ1n) is 7.54. The van der Waals surface area contributed by atoms with Crippen LogP contribution in [0.2, 0.25) is 0 Å². The van der Waals surface area contributed by atoms with E-state index in [1.54, 1.807) is 12.1 Å². The molecule has 6 heteroatoms. The average molecular weight is 292 g/mol. The Labute approximate surface area is 125 Å². The lowest BCUT2D eigenvalue weighted by Crippen LogP contribution is -2.50. The molecule has 0 radical (unpaired) electrons. The van der Waals surface area contributed by atoms with Crippen molar-refractivity contribution in [3.05, 3.63) is 39.9 Å². The molecule has 0 saturated heterocycles. The largest absolute Gasteiger partial charge is 0.326 e. The van der Waals surface area contributed by atoms with E-state index in [1.165, 1.54) is 25.0 Å². The summed E-state index contributed by atoms with van der Waals surface area (Å²) in [6, 6.07) is 7.15. The number of nitro benzene ring substituents is 1. The summed E-state index contributed by atoms with van der Waals surface area (Å²) in [4.78, 5) is 10.2. The topological polar surface area (TPSA) is 107 Å². The van der Waals surface area contributed by atoms with Crippen LogP contribution in [-0.4, -0.2) is 29.6 Å². The van der Waals surface area contributed by atoms with Gasteiger partial charge >= 0.3 is 0 Å². The molecule has 1 saturated carbocycles. The SMILES string of the molecule is NC1CCCCC1NC[C@@H](N)Cc1ccc([N+](=O)[O-])cc1. The molecule has 116 valence electrons. The zero-order valence-corrected chi connectivity index (χ0v) is 12.2. The van der Waals surface area contributed by atoms with Crippen molar-refractivity contribution in [3.8, 4) is 0 Å². The van der Waals surface area contributed by atoms with Gasteiger partial charge in [-0.3, -0.25) is 10.1 Å². The molecular weight excluding hydrogens is 268 g/mol. The predicted octanol–water partition coefficient (Wildman–Crippen LogP) is 1.32. The Hall–Kier alpha value is -1.50. The fourth-order valence-electron chi connectivity index (χ4n) is 2.84. The molecule has 0 bridgehead atoms. The summed E-state index contributed by atoms with van der Waals surface area (Å²) >= 11 is 0. The van der Waals surface area contributed by atoms with E-state index in [4.69, 9.17) is 11.5 Å². The van der Waals surface area contributed by atoms with E-state index in [1.807, 2.05) is 0 Å². The van der Waals surface area contributed by atoms with Gasteiger partial charge in [-0.25, -0.2) is 0 Å². The second-order valence-corrected chi connectivity index (χ2v) is 5.85. The van der Waals surface area contributed by atoms with Crippen molar-refractivity contribution in [2.24, 2.45) is 11.5 Å². The Kier molecular flexibility index (Phi) is 5.67. The highest BCUT2D eigenvalue weighted by Crippen LogP contribution is 2.17. The van der Waals surface area contributed by atoms with Gasteiger partial charge in [0.25, 0.3) is 5.69 Å². The van der Waals surface area contributed by atoms with Gasteiger partial charge in [-0.2, -0.15) is 0 Å². The molecule has 5 N–H and O–H groups in total. The van der Waals surface area contributed by atoms with Crippen molar-refractivity contribution in [1.29, 1.82) is 0 Å². The summed E-state index contributed by atoms with van der Waals surface area (Å²) < 4.78 is 0. The summed E-state index contributed by atoms with van der Waals surface area (Å²) in [5, 5.41) is 14.1. The zero-order valence-electron chi connectivity index (χ0n) is 12.2. The normalized spacial score (nSPS) is 23.7. The van der Waals surface area contributed by atoms with Crippen LogP contribution >= 0.6 is 0 Å². The van der Waals surface area contributed by atoms with E-state index in [0.29, 0.717) is 12.5 Å². The molecular formula is C15H24N4O2. The van der Waals surface area contributed by atoms with Crippen LogP contribution in [0.5, 0.6) is 0 Å². The average Bonchev–Trinajstić information content (AvgIpc) is 2.47. The third kappa shape index (κ3) is 4.77. The molecule has 0 heterocycles. The van der Waals surface area contributed by atoms with Crippen LogP contribution in [0.4, 0.5) is 5.69 Å². The standard InChI is InChI=1S/C15H24N4O2/c16-12(10-18-15-4-2-1-3-14(15)17)9-11-5-7-13(8-6-11)19(20)21/h5-8,12,14-15,18H,1-4,9-10,16-17H2/t12-,14?,15?/m0/s1. The molecule has 0 spiro atoms. The van der Waals surface area contributed by atoms with E-state index in [2.05, 4.69) is 5.32 Å². The quantitative estimate of drug-likeness (QED) is 0.541. The number of nitrogens with two attached hydrogens (primary N) is 2. The van der Waals surface area contributed by atoms with E-state index in [0.717, 1.165) is 24.9 Å². The molecule has 21 heavy (non-hydrogen) atoms. The van der Waals surface area contributed by atoms with Gasteiger partial charge in [0.05, 0.1) is 4.92 Å². The van der Waals surface area contributed by atoms with Crippen LogP contribution in [0.25, 0.3) is 0 Å². The van der Waals surface area contributed by atoms with Crippen molar-refractivity contribution >= 4 is 5.69 Å². The second-order valence-electron chi connectivity index (χ2n) is 5.85. The van der Waals surface area contributed by atoms with Gasteiger partial charge in [0.2, 0.25) is 0 Å². The maximum Gasteiger partial charge on any atom is 0.269 e. The van der Waals surface area contributed by atoms with Crippen LogP contribution in [0.1, 0.15) is 31.2 Å². The molecule has 1 aliphatic carbocycles. The molecule has 1 aromatic carbocycles. The first kappa shape index (κ1) is 15.9. The van der Waals surface area contributed by atoms with E-state index in [9.17, 15) is 10.1 Å². The fourth-order valence-corrected chi connectivity index (χ4v) is 2.84. The number of non-ortho nitro benzene ring substituents is 1. The van der Waals surface area contributed by atoms with Gasteiger partial charge in [-0.1, -0.05) is 25.0 Å². The number of nitrogens with zero attached hydrogens (tertiary/aromatic N) is 1. The van der Waals surface area contributed by atoms with Gasteiger partial charge in [-0.05, 0) is 24.8 Å². The van der Waals surface area contributed by atoms with Gasteiger partial charge < -0.3 is 16.8 Å². The molecule has 0 aliphatic heterocycles. The molecule has 0 amide bonds. The lowest BCUT2D eigenvalue weighted by molar-refractivity contribution is -0.384. The molecule has 3 atom stereocenters. The number of hydrogen-bond donors (Lipinski definition) is 3. The molecule has 2 unspecified atom stereocenters. The van der Waals surface area contributed by atoms with Crippen LogP contribution in [0.15, 0.2) is 24.3 Å². The van der Waals surface area contributed by atoms with Crippen LogP contribution < -0.4 is 16.8 Å². The van der Waals surface area contributed by atoms with Crippen molar-refractivity contribution < 1.29 is 4.92 Å². The summed E-state index contributed by atoms with van der Waals surface area (Å²) in [6.45, 7) is 0.718. The predicted molar refractivity (Wildman–Crippen MR) is 83.0 cm³/mol. The third-order valence-corrected chi connectivity index (χ3v) is 4.11. The maximum atomic E-state index is 10.6. The first-order chi connectivity index (χ1) is 10.1. The summed E-state index contributed by atoms with van der Waals surface area (Å²) in [7, 11) is 0. The minimum atomic E-state index is -0.393. The minimum absolute atomic E-state index is 0.0133. The smallest absolute Gasteiger partial charge is 0.269 e. The molecule has 1 aliphatic rings. The van der Waals surface area contributed by atoms with Crippen molar-refractivity contribution in [3.63, 3.8) is 0 Å². The number of hydrogen-bond acceptors (Lipinski definition) is 5. The highest BCUT2D eigenvalue weighted by molar-refractivity contribution is 5.33. The van der Waals surface area contributed by atoms with Crippen LogP contribution in [0.3, 0.4) is 0 Å². The minimum Gasteiger partial charge on any atom is -0.326 e. The highest BCUT2D eigenvalue weighted by atomic mass is 16.6. The molecule has 1 aromatic rings. The Balaban J connectivity index is 1.78. The van der Waals surface area contributed by atoms with Crippen molar-refractivity contribution in [1.82, 2.24) is 5.32 Å². The monoisotopic (exact) mass is 292 g/mol.